The molecule has 0 aliphatic carbocycles. The molecule has 4 aromatic rings. The van der Waals surface area contributed by atoms with E-state index in [4.69, 9.17) is 4.98 Å². The van der Waals surface area contributed by atoms with Crippen LogP contribution in [0.1, 0.15) is 5.56 Å². The van der Waals surface area contributed by atoms with Gasteiger partial charge in [-0.05, 0) is 42.3 Å². The van der Waals surface area contributed by atoms with Crippen molar-refractivity contribution in [3.05, 3.63) is 64.6 Å². The van der Waals surface area contributed by atoms with Gasteiger partial charge >= 0.3 is 0 Å². The van der Waals surface area contributed by atoms with Crippen LogP contribution in [0.2, 0.25) is 0 Å². The van der Waals surface area contributed by atoms with E-state index in [0.717, 1.165) is 23.1 Å². The van der Waals surface area contributed by atoms with Crippen LogP contribution in [0.5, 0.6) is 0 Å². The number of aromatic nitrogens is 4. The first kappa shape index (κ1) is 12.5. The predicted octanol–water partition coefficient (Wildman–Crippen LogP) is 2.56. The van der Waals surface area contributed by atoms with Crippen LogP contribution >= 0.6 is 0 Å². The van der Waals surface area contributed by atoms with E-state index in [1.807, 2.05) is 36.4 Å². The summed E-state index contributed by atoms with van der Waals surface area (Å²) >= 11 is 0. The summed E-state index contributed by atoms with van der Waals surface area (Å²) in [6.45, 7) is 0.631. The third kappa shape index (κ3) is 1.73. The lowest BCUT2D eigenvalue weighted by atomic mass is 10.0. The van der Waals surface area contributed by atoms with E-state index in [-0.39, 0.29) is 5.56 Å². The van der Waals surface area contributed by atoms with Gasteiger partial charge in [0.2, 0.25) is 0 Å². The summed E-state index contributed by atoms with van der Waals surface area (Å²) in [5.74, 6) is 0.641. The second-order valence-corrected chi connectivity index (χ2v) is 5.71. The van der Waals surface area contributed by atoms with E-state index in [9.17, 15) is 4.79 Å². The number of pyridine rings is 2. The standard InChI is InChI=1S/C18H12N4O/c23-18-13-5-1-2-6-14(13)20-17-15-11(7-9-22(17)18)10-12-4-3-8-19-16(12)21-15/h1-6,8,10H,7,9H2. The number of fused-ring (bicyclic) bond motifs is 5. The fourth-order valence-corrected chi connectivity index (χ4v) is 3.22. The first-order chi connectivity index (χ1) is 11.3. The molecule has 1 aliphatic heterocycles. The number of hydrogen-bond acceptors (Lipinski definition) is 4. The van der Waals surface area contributed by atoms with Gasteiger partial charge in [-0.3, -0.25) is 9.36 Å². The molecule has 0 amide bonds. The Morgan fingerprint density at radius 3 is 2.91 bits per heavy atom. The zero-order chi connectivity index (χ0) is 15.4. The molecule has 0 atom stereocenters. The zero-order valence-electron chi connectivity index (χ0n) is 12.2. The monoisotopic (exact) mass is 300 g/mol. The lowest BCUT2D eigenvalue weighted by Crippen LogP contribution is -2.28. The van der Waals surface area contributed by atoms with Crippen LogP contribution in [0, 0.1) is 0 Å². The lowest BCUT2D eigenvalue weighted by molar-refractivity contribution is 0.648. The highest BCUT2D eigenvalue weighted by Gasteiger charge is 2.22. The Morgan fingerprint density at radius 2 is 1.96 bits per heavy atom. The van der Waals surface area contributed by atoms with Crippen molar-refractivity contribution in [1.82, 2.24) is 19.5 Å². The minimum Gasteiger partial charge on any atom is -0.290 e. The summed E-state index contributed by atoms with van der Waals surface area (Å²) < 4.78 is 1.73. The maximum atomic E-state index is 12.7. The van der Waals surface area contributed by atoms with Gasteiger partial charge in [-0.15, -0.1) is 0 Å². The van der Waals surface area contributed by atoms with Gasteiger partial charge in [0.25, 0.3) is 5.56 Å². The smallest absolute Gasteiger partial charge is 0.261 e. The largest absolute Gasteiger partial charge is 0.290 e. The van der Waals surface area contributed by atoms with Crippen LogP contribution in [0.25, 0.3) is 33.5 Å². The zero-order valence-corrected chi connectivity index (χ0v) is 12.2. The fourth-order valence-electron chi connectivity index (χ4n) is 3.22. The van der Waals surface area contributed by atoms with E-state index >= 15 is 0 Å². The summed E-state index contributed by atoms with van der Waals surface area (Å²) in [5, 5.41) is 1.67. The average molecular weight is 300 g/mol. The normalized spacial score (nSPS) is 13.0. The molecule has 0 N–H and O–H groups in total. The van der Waals surface area contributed by atoms with Gasteiger partial charge in [-0.2, -0.15) is 0 Å². The summed E-state index contributed by atoms with van der Waals surface area (Å²) in [6.07, 6.45) is 2.51. The maximum Gasteiger partial charge on any atom is 0.261 e. The first-order valence-corrected chi connectivity index (χ1v) is 7.56. The highest BCUT2D eigenvalue weighted by atomic mass is 16.1. The molecule has 23 heavy (non-hydrogen) atoms. The highest BCUT2D eigenvalue weighted by Crippen LogP contribution is 2.28. The minimum atomic E-state index is -0.000771. The molecule has 1 aliphatic rings. The van der Waals surface area contributed by atoms with Crippen LogP contribution in [0.15, 0.2) is 53.5 Å². The van der Waals surface area contributed by atoms with E-state index in [1.54, 1.807) is 10.8 Å². The molecule has 0 fully saturated rings. The molecule has 4 heterocycles. The summed E-state index contributed by atoms with van der Waals surface area (Å²) in [6, 6.07) is 13.5. The quantitative estimate of drug-likeness (QED) is 0.501. The Labute approximate surface area is 131 Å². The van der Waals surface area contributed by atoms with Crippen molar-refractivity contribution < 1.29 is 0 Å². The molecule has 1 aromatic carbocycles. The van der Waals surface area contributed by atoms with Crippen LogP contribution < -0.4 is 5.56 Å². The van der Waals surface area contributed by atoms with Crippen molar-refractivity contribution in [1.29, 1.82) is 0 Å². The Morgan fingerprint density at radius 1 is 1.04 bits per heavy atom. The van der Waals surface area contributed by atoms with Gasteiger partial charge in [0.05, 0.1) is 10.9 Å². The molecule has 110 valence electrons. The Bertz CT molecular complexity index is 1150. The van der Waals surface area contributed by atoms with Crippen LogP contribution in [-0.4, -0.2) is 19.5 Å². The predicted molar refractivity (Wildman–Crippen MR) is 88.2 cm³/mol. The minimum absolute atomic E-state index is 0.000771. The van der Waals surface area contributed by atoms with Gasteiger partial charge in [0.15, 0.2) is 11.5 Å². The molecule has 0 saturated heterocycles. The Hall–Kier alpha value is -3.08. The lowest BCUT2D eigenvalue weighted by Gasteiger charge is -2.20. The molecule has 0 spiro atoms. The van der Waals surface area contributed by atoms with Crippen LogP contribution in [0.4, 0.5) is 0 Å². The van der Waals surface area contributed by atoms with E-state index in [0.29, 0.717) is 28.9 Å². The number of nitrogens with zero attached hydrogens (tertiary/aromatic N) is 4. The van der Waals surface area contributed by atoms with Gasteiger partial charge in [0, 0.05) is 18.1 Å². The van der Waals surface area contributed by atoms with E-state index in [2.05, 4.69) is 16.0 Å². The molecule has 5 rings (SSSR count). The van der Waals surface area contributed by atoms with Gasteiger partial charge in [-0.1, -0.05) is 12.1 Å². The molecule has 0 unspecified atom stereocenters. The SMILES string of the molecule is O=c1c2ccccc2nc2n1CCc1cc3cccnc3nc1-2. The van der Waals surface area contributed by atoms with Crippen molar-refractivity contribution in [2.45, 2.75) is 13.0 Å². The molecule has 5 nitrogen and oxygen atoms in total. The molecule has 0 radical (unpaired) electrons. The average Bonchev–Trinajstić information content (AvgIpc) is 2.60. The van der Waals surface area contributed by atoms with Crippen molar-refractivity contribution in [3.8, 4) is 11.5 Å². The van der Waals surface area contributed by atoms with Gasteiger partial charge in [-0.25, -0.2) is 15.0 Å². The summed E-state index contributed by atoms with van der Waals surface area (Å²) in [7, 11) is 0. The number of hydrogen-bond donors (Lipinski definition) is 0. The number of para-hydroxylation sites is 1. The number of benzene rings is 1. The maximum absolute atomic E-state index is 12.7. The number of rotatable bonds is 0. The van der Waals surface area contributed by atoms with Crippen LogP contribution in [0.3, 0.4) is 0 Å². The number of aryl methyl sites for hydroxylation is 1. The van der Waals surface area contributed by atoms with Gasteiger partial charge < -0.3 is 0 Å². The van der Waals surface area contributed by atoms with E-state index in [1.165, 1.54) is 0 Å². The van der Waals surface area contributed by atoms with Crippen molar-refractivity contribution in [2.24, 2.45) is 0 Å². The molecule has 3 aromatic heterocycles. The second-order valence-electron chi connectivity index (χ2n) is 5.71. The second kappa shape index (κ2) is 4.46. The Kier molecular flexibility index (Phi) is 2.42. The van der Waals surface area contributed by atoms with Gasteiger partial charge in [0.1, 0.15) is 5.69 Å². The molecule has 5 heteroatoms. The van der Waals surface area contributed by atoms with Crippen LogP contribution in [-0.2, 0) is 13.0 Å². The Balaban J connectivity index is 1.89. The molecular weight excluding hydrogens is 288 g/mol. The third-order valence-corrected chi connectivity index (χ3v) is 4.35. The van der Waals surface area contributed by atoms with Crippen molar-refractivity contribution in [2.75, 3.05) is 0 Å². The van der Waals surface area contributed by atoms with E-state index < -0.39 is 0 Å². The highest BCUT2D eigenvalue weighted by molar-refractivity contribution is 5.82. The fraction of sp³-hybridized carbons (Fsp3) is 0.111. The summed E-state index contributed by atoms with van der Waals surface area (Å²) in [5.41, 5.74) is 3.28. The topological polar surface area (TPSA) is 60.7 Å². The molecule has 0 saturated carbocycles. The third-order valence-electron chi connectivity index (χ3n) is 4.35. The van der Waals surface area contributed by atoms with Crippen molar-refractivity contribution >= 4 is 21.9 Å². The van der Waals surface area contributed by atoms with Crippen molar-refractivity contribution in [3.63, 3.8) is 0 Å². The first-order valence-electron chi connectivity index (χ1n) is 7.56. The molecular formula is C18H12N4O. The molecule has 0 bridgehead atoms. The summed E-state index contributed by atoms with van der Waals surface area (Å²) in [4.78, 5) is 26.4.